The van der Waals surface area contributed by atoms with Crippen molar-refractivity contribution in [3.63, 3.8) is 0 Å². The van der Waals surface area contributed by atoms with E-state index in [2.05, 4.69) is 31.9 Å². The molecule has 88 valence electrons. The van der Waals surface area contributed by atoms with Crippen molar-refractivity contribution in [1.29, 1.82) is 0 Å². The molecular weight excluding hydrogens is 387 g/mol. The maximum atomic E-state index is 12.0. The van der Waals surface area contributed by atoms with E-state index in [1.807, 2.05) is 23.6 Å². The number of benzene rings is 1. The molecule has 2 rings (SSSR count). The normalized spacial score (nSPS) is 10.5. The van der Waals surface area contributed by atoms with Gasteiger partial charge in [-0.05, 0) is 45.1 Å². The minimum Gasteiger partial charge on any atom is -0.293 e. The second kappa shape index (κ2) is 5.65. The summed E-state index contributed by atoms with van der Waals surface area (Å²) < 4.78 is 1.76. The first-order valence-corrected chi connectivity index (χ1v) is 7.62. The van der Waals surface area contributed by atoms with Gasteiger partial charge in [-0.15, -0.1) is 11.3 Å². The van der Waals surface area contributed by atoms with Gasteiger partial charge >= 0.3 is 0 Å². The predicted molar refractivity (Wildman–Crippen MR) is 79.2 cm³/mol. The van der Waals surface area contributed by atoms with Gasteiger partial charge in [0.15, 0.2) is 5.78 Å². The summed E-state index contributed by atoms with van der Waals surface area (Å²) in [5.74, 6) is 0.0797. The maximum Gasteiger partial charge on any atom is 0.178 e. The van der Waals surface area contributed by atoms with Crippen molar-refractivity contribution < 1.29 is 4.79 Å². The Bertz CT molecular complexity index is 565. The zero-order chi connectivity index (χ0) is 12.4. The Hall–Kier alpha value is -0.160. The summed E-state index contributed by atoms with van der Waals surface area (Å²) in [4.78, 5) is 12.8. The van der Waals surface area contributed by atoms with Gasteiger partial charge < -0.3 is 0 Å². The van der Waals surface area contributed by atoms with Crippen molar-refractivity contribution in [2.45, 2.75) is 6.42 Å². The molecule has 0 spiro atoms. The summed E-state index contributed by atoms with van der Waals surface area (Å²) in [6.07, 6.45) is 0.325. The van der Waals surface area contributed by atoms with Gasteiger partial charge in [-0.1, -0.05) is 33.6 Å². The molecule has 1 nitrogen and oxygen atoms in total. The lowest BCUT2D eigenvalue weighted by atomic mass is 10.1. The zero-order valence-corrected chi connectivity index (χ0v) is 13.3. The smallest absolute Gasteiger partial charge is 0.178 e. The van der Waals surface area contributed by atoms with Crippen LogP contribution in [-0.2, 0) is 6.42 Å². The van der Waals surface area contributed by atoms with E-state index in [-0.39, 0.29) is 5.78 Å². The average molecular weight is 395 g/mol. The molecule has 0 aliphatic carbocycles. The van der Waals surface area contributed by atoms with E-state index in [0.29, 0.717) is 11.4 Å². The lowest BCUT2D eigenvalue weighted by Gasteiger charge is -2.03. The fourth-order valence-electron chi connectivity index (χ4n) is 1.41. The zero-order valence-electron chi connectivity index (χ0n) is 8.54. The fraction of sp³-hybridized carbons (Fsp3) is 0.0833. The summed E-state index contributed by atoms with van der Waals surface area (Å²) in [6, 6.07) is 7.43. The minimum absolute atomic E-state index is 0.0797. The van der Waals surface area contributed by atoms with E-state index in [4.69, 9.17) is 11.6 Å². The highest BCUT2D eigenvalue weighted by Gasteiger charge is 2.13. The number of Topliss-reactive ketones (excluding diaryl/α,β-unsaturated/α-hetero) is 1. The molecule has 1 aromatic carbocycles. The number of rotatable bonds is 3. The van der Waals surface area contributed by atoms with Gasteiger partial charge in [0, 0.05) is 20.4 Å². The van der Waals surface area contributed by atoms with Crippen LogP contribution < -0.4 is 0 Å². The van der Waals surface area contributed by atoms with Gasteiger partial charge in [0.1, 0.15) is 0 Å². The molecule has 1 heterocycles. The monoisotopic (exact) mass is 392 g/mol. The Balaban J connectivity index is 2.22. The summed E-state index contributed by atoms with van der Waals surface area (Å²) in [7, 11) is 0. The van der Waals surface area contributed by atoms with Crippen LogP contribution in [0.25, 0.3) is 0 Å². The molecule has 17 heavy (non-hydrogen) atoms. The van der Waals surface area contributed by atoms with Crippen LogP contribution in [0.5, 0.6) is 0 Å². The molecule has 0 N–H and O–H groups in total. The van der Waals surface area contributed by atoms with Crippen LogP contribution in [-0.4, -0.2) is 5.78 Å². The van der Waals surface area contributed by atoms with Crippen LogP contribution in [0.2, 0.25) is 5.02 Å². The first kappa shape index (κ1) is 13.3. The van der Waals surface area contributed by atoms with Gasteiger partial charge in [-0.3, -0.25) is 4.79 Å². The molecule has 0 bridgehead atoms. The van der Waals surface area contributed by atoms with Crippen molar-refractivity contribution in [2.75, 3.05) is 0 Å². The average Bonchev–Trinajstić information content (AvgIpc) is 2.68. The first-order chi connectivity index (χ1) is 8.08. The highest BCUT2D eigenvalue weighted by Crippen LogP contribution is 2.27. The summed E-state index contributed by atoms with van der Waals surface area (Å²) in [5, 5.41) is 2.50. The van der Waals surface area contributed by atoms with Crippen LogP contribution in [0.3, 0.4) is 0 Å². The fourth-order valence-corrected chi connectivity index (χ4v) is 3.68. The molecule has 2 aromatic rings. The van der Waals surface area contributed by atoms with Gasteiger partial charge in [-0.2, -0.15) is 0 Å². The molecule has 0 atom stereocenters. The van der Waals surface area contributed by atoms with E-state index in [1.165, 1.54) is 11.3 Å². The topological polar surface area (TPSA) is 17.1 Å². The molecule has 0 radical (unpaired) electrons. The highest BCUT2D eigenvalue weighted by molar-refractivity contribution is 9.10. The Morgan fingerprint density at radius 3 is 2.65 bits per heavy atom. The summed E-state index contributed by atoms with van der Waals surface area (Å²) in [5.41, 5.74) is 0.847. The molecule has 0 fully saturated rings. The predicted octanol–water partition coefficient (Wildman–Crippen LogP) is 5.35. The Morgan fingerprint density at radius 2 is 2.06 bits per heavy atom. The van der Waals surface area contributed by atoms with Crippen LogP contribution in [0.4, 0.5) is 0 Å². The van der Waals surface area contributed by atoms with E-state index < -0.39 is 0 Å². The Labute approximate surface area is 125 Å². The number of hydrogen-bond donors (Lipinski definition) is 0. The SMILES string of the molecule is O=C(Cc1ccc(Br)cc1Cl)c1sccc1Br. The van der Waals surface area contributed by atoms with Crippen LogP contribution in [0.1, 0.15) is 15.2 Å². The van der Waals surface area contributed by atoms with Gasteiger partial charge in [0.2, 0.25) is 0 Å². The molecule has 0 aliphatic rings. The Morgan fingerprint density at radius 1 is 1.29 bits per heavy atom. The van der Waals surface area contributed by atoms with Gasteiger partial charge in [0.05, 0.1) is 4.88 Å². The summed E-state index contributed by atoms with van der Waals surface area (Å²) in [6.45, 7) is 0. The molecule has 1 aromatic heterocycles. The third-order valence-electron chi connectivity index (χ3n) is 2.24. The quantitative estimate of drug-likeness (QED) is 0.641. The van der Waals surface area contributed by atoms with E-state index in [9.17, 15) is 4.79 Å². The number of halogens is 3. The molecule has 0 saturated heterocycles. The largest absolute Gasteiger partial charge is 0.293 e. The van der Waals surface area contributed by atoms with Crippen LogP contribution >= 0.6 is 54.8 Å². The number of thiophene rings is 1. The second-order valence-corrected chi connectivity index (χ2v) is 6.53. The van der Waals surface area contributed by atoms with E-state index >= 15 is 0 Å². The lowest BCUT2D eigenvalue weighted by Crippen LogP contribution is -2.02. The van der Waals surface area contributed by atoms with Crippen molar-refractivity contribution >= 4 is 60.6 Å². The van der Waals surface area contributed by atoms with Gasteiger partial charge in [0.25, 0.3) is 0 Å². The lowest BCUT2D eigenvalue weighted by molar-refractivity contribution is 0.0996. The van der Waals surface area contributed by atoms with Gasteiger partial charge in [-0.25, -0.2) is 0 Å². The minimum atomic E-state index is 0.0797. The standard InChI is InChI=1S/C12H7Br2ClOS/c13-8-2-1-7(10(15)6-8)5-11(16)12-9(14)3-4-17-12/h1-4,6H,5H2. The number of ketones is 1. The molecule has 0 aliphatic heterocycles. The Kier molecular flexibility index (Phi) is 4.42. The van der Waals surface area contributed by atoms with E-state index in [1.54, 1.807) is 6.07 Å². The number of hydrogen-bond acceptors (Lipinski definition) is 2. The van der Waals surface area contributed by atoms with Crippen molar-refractivity contribution in [2.24, 2.45) is 0 Å². The van der Waals surface area contributed by atoms with Crippen molar-refractivity contribution in [1.82, 2.24) is 0 Å². The third-order valence-corrected chi connectivity index (χ3v) is 4.96. The van der Waals surface area contributed by atoms with E-state index in [0.717, 1.165) is 19.4 Å². The van der Waals surface area contributed by atoms with Crippen LogP contribution in [0.15, 0.2) is 38.6 Å². The van der Waals surface area contributed by atoms with Crippen molar-refractivity contribution in [3.8, 4) is 0 Å². The molecule has 5 heteroatoms. The summed E-state index contributed by atoms with van der Waals surface area (Å²) >= 11 is 14.2. The molecule has 0 saturated carbocycles. The molecule has 0 amide bonds. The number of carbonyl (C=O) groups excluding carboxylic acids is 1. The third kappa shape index (κ3) is 3.19. The second-order valence-electron chi connectivity index (χ2n) is 3.43. The maximum absolute atomic E-state index is 12.0. The molecule has 0 unspecified atom stereocenters. The van der Waals surface area contributed by atoms with Crippen molar-refractivity contribution in [3.05, 3.63) is 54.1 Å². The van der Waals surface area contributed by atoms with Crippen LogP contribution in [0, 0.1) is 0 Å². The first-order valence-electron chi connectivity index (χ1n) is 4.78. The highest BCUT2D eigenvalue weighted by atomic mass is 79.9. The molecular formula is C12H7Br2ClOS. The number of carbonyl (C=O) groups is 1.